The Hall–Kier alpha value is -1.47. The SMILES string of the molecule is CC(=O)O.O=S(=O)(O)c1ccncc1. The fraction of sp³-hybridized carbons (Fsp3) is 0.143. The van der Waals surface area contributed by atoms with E-state index in [1.807, 2.05) is 0 Å². The molecule has 0 fully saturated rings. The summed E-state index contributed by atoms with van der Waals surface area (Å²) < 4.78 is 29.2. The lowest BCUT2D eigenvalue weighted by Crippen LogP contribution is -1.96. The highest BCUT2D eigenvalue weighted by Gasteiger charge is 2.06. The molecule has 6 nitrogen and oxygen atoms in total. The van der Waals surface area contributed by atoms with Gasteiger partial charge in [0.1, 0.15) is 0 Å². The maximum Gasteiger partial charge on any atom is 0.300 e. The van der Waals surface area contributed by atoms with Crippen LogP contribution >= 0.6 is 0 Å². The van der Waals surface area contributed by atoms with Gasteiger partial charge in [0.25, 0.3) is 16.1 Å². The second kappa shape index (κ2) is 5.30. The summed E-state index contributed by atoms with van der Waals surface area (Å²) in [7, 11) is -4.04. The van der Waals surface area contributed by atoms with Crippen LogP contribution in [0.5, 0.6) is 0 Å². The van der Waals surface area contributed by atoms with E-state index in [9.17, 15) is 8.42 Å². The number of hydrogen-bond donors (Lipinski definition) is 2. The smallest absolute Gasteiger partial charge is 0.300 e. The van der Waals surface area contributed by atoms with E-state index in [1.54, 1.807) is 0 Å². The monoisotopic (exact) mass is 219 g/mol. The standard InChI is InChI=1S/C5H5NO3S.C2H4O2/c7-10(8,9)5-1-3-6-4-2-5;1-2(3)4/h1-4H,(H,7,8,9);1H3,(H,3,4). The highest BCUT2D eigenvalue weighted by Crippen LogP contribution is 2.03. The Kier molecular flexibility index (Phi) is 4.74. The minimum atomic E-state index is -4.04. The Labute approximate surface area is 81.0 Å². The molecule has 78 valence electrons. The maximum atomic E-state index is 10.4. The van der Waals surface area contributed by atoms with Crippen molar-refractivity contribution in [3.8, 4) is 0 Å². The number of rotatable bonds is 1. The van der Waals surface area contributed by atoms with Crippen LogP contribution < -0.4 is 0 Å². The van der Waals surface area contributed by atoms with Gasteiger partial charge in [0.15, 0.2) is 0 Å². The molecule has 0 radical (unpaired) electrons. The van der Waals surface area contributed by atoms with Crippen molar-refractivity contribution in [2.24, 2.45) is 0 Å². The van der Waals surface area contributed by atoms with Crippen molar-refractivity contribution < 1.29 is 22.9 Å². The van der Waals surface area contributed by atoms with Crippen molar-refractivity contribution in [3.05, 3.63) is 24.5 Å². The number of hydrogen-bond acceptors (Lipinski definition) is 4. The van der Waals surface area contributed by atoms with Gasteiger partial charge in [0, 0.05) is 19.3 Å². The van der Waals surface area contributed by atoms with Crippen molar-refractivity contribution in [1.82, 2.24) is 4.98 Å². The molecule has 0 saturated carbocycles. The molecule has 0 atom stereocenters. The van der Waals surface area contributed by atoms with Crippen LogP contribution in [0.3, 0.4) is 0 Å². The first-order valence-electron chi connectivity index (χ1n) is 3.41. The second-order valence-corrected chi connectivity index (χ2v) is 3.60. The summed E-state index contributed by atoms with van der Waals surface area (Å²) in [5.41, 5.74) is 0. The molecule has 0 bridgehead atoms. The topological polar surface area (TPSA) is 105 Å². The minimum Gasteiger partial charge on any atom is -0.481 e. The molecule has 1 aromatic heterocycles. The zero-order valence-corrected chi connectivity index (χ0v) is 8.10. The lowest BCUT2D eigenvalue weighted by molar-refractivity contribution is -0.134. The Morgan fingerprint density at radius 3 is 1.93 bits per heavy atom. The highest BCUT2D eigenvalue weighted by molar-refractivity contribution is 7.85. The van der Waals surface area contributed by atoms with Crippen LogP contribution in [0.2, 0.25) is 0 Å². The molecule has 1 rings (SSSR count). The summed E-state index contributed by atoms with van der Waals surface area (Å²) in [5.74, 6) is -0.833. The van der Waals surface area contributed by atoms with Gasteiger partial charge in [0.05, 0.1) is 4.90 Å². The van der Waals surface area contributed by atoms with E-state index in [0.29, 0.717) is 0 Å². The van der Waals surface area contributed by atoms with Crippen LogP contribution in [0.25, 0.3) is 0 Å². The van der Waals surface area contributed by atoms with Gasteiger partial charge in [-0.2, -0.15) is 8.42 Å². The van der Waals surface area contributed by atoms with Crippen LogP contribution in [-0.2, 0) is 14.9 Å². The molecule has 1 aromatic rings. The minimum absolute atomic E-state index is 0.137. The van der Waals surface area contributed by atoms with Crippen molar-refractivity contribution in [2.45, 2.75) is 11.8 Å². The number of carbonyl (C=O) groups is 1. The number of carboxylic acid groups (broad SMARTS) is 1. The van der Waals surface area contributed by atoms with Gasteiger partial charge < -0.3 is 5.11 Å². The first-order valence-corrected chi connectivity index (χ1v) is 4.85. The Bertz CT molecular complexity index is 382. The number of nitrogens with zero attached hydrogens (tertiary/aromatic N) is 1. The number of aliphatic carboxylic acids is 1. The number of carboxylic acids is 1. The summed E-state index contributed by atoms with van der Waals surface area (Å²) in [6, 6.07) is 2.44. The third kappa shape index (κ3) is 6.09. The van der Waals surface area contributed by atoms with Crippen LogP contribution in [0.15, 0.2) is 29.4 Å². The summed E-state index contributed by atoms with van der Waals surface area (Å²) in [4.78, 5) is 12.4. The molecule has 7 heteroatoms. The third-order valence-electron chi connectivity index (χ3n) is 0.948. The molecule has 0 amide bonds. The predicted molar refractivity (Wildman–Crippen MR) is 47.4 cm³/mol. The van der Waals surface area contributed by atoms with Gasteiger partial charge in [-0.25, -0.2) is 0 Å². The molecular formula is C7H9NO5S. The van der Waals surface area contributed by atoms with E-state index in [0.717, 1.165) is 6.92 Å². The van der Waals surface area contributed by atoms with Gasteiger partial charge in [0.2, 0.25) is 0 Å². The predicted octanol–water partition coefficient (Wildman–Crippen LogP) is 0.419. The first kappa shape index (κ1) is 12.5. The molecule has 0 aliphatic rings. The van der Waals surface area contributed by atoms with Crippen molar-refractivity contribution in [3.63, 3.8) is 0 Å². The van der Waals surface area contributed by atoms with Gasteiger partial charge in [-0.15, -0.1) is 0 Å². The number of aromatic nitrogens is 1. The zero-order chi connectivity index (χ0) is 11.2. The van der Waals surface area contributed by atoms with Crippen LogP contribution in [-0.4, -0.2) is 29.0 Å². The normalized spacial score (nSPS) is 9.86. The van der Waals surface area contributed by atoms with Gasteiger partial charge in [-0.05, 0) is 12.1 Å². The summed E-state index contributed by atoms with van der Waals surface area (Å²) in [6.45, 7) is 1.08. The van der Waals surface area contributed by atoms with E-state index >= 15 is 0 Å². The average Bonchev–Trinajstić information content (AvgIpc) is 2.03. The lowest BCUT2D eigenvalue weighted by atomic mass is 10.5. The zero-order valence-electron chi connectivity index (χ0n) is 7.28. The van der Waals surface area contributed by atoms with E-state index < -0.39 is 16.1 Å². The maximum absolute atomic E-state index is 10.4. The van der Waals surface area contributed by atoms with E-state index in [-0.39, 0.29) is 4.90 Å². The van der Waals surface area contributed by atoms with Crippen molar-refractivity contribution >= 4 is 16.1 Å². The van der Waals surface area contributed by atoms with E-state index in [2.05, 4.69) is 4.98 Å². The average molecular weight is 219 g/mol. The molecule has 0 aliphatic carbocycles. The Balaban J connectivity index is 0.000000364. The molecule has 0 aromatic carbocycles. The van der Waals surface area contributed by atoms with Gasteiger partial charge >= 0.3 is 0 Å². The molecule has 14 heavy (non-hydrogen) atoms. The largest absolute Gasteiger partial charge is 0.481 e. The molecule has 0 unspecified atom stereocenters. The van der Waals surface area contributed by atoms with E-state index in [1.165, 1.54) is 24.5 Å². The quantitative estimate of drug-likeness (QED) is 0.663. The second-order valence-electron chi connectivity index (χ2n) is 2.18. The summed E-state index contributed by atoms with van der Waals surface area (Å²) in [5, 5.41) is 7.42. The molecule has 0 saturated heterocycles. The molecular weight excluding hydrogens is 210 g/mol. The van der Waals surface area contributed by atoms with E-state index in [4.69, 9.17) is 14.5 Å². The molecule has 2 N–H and O–H groups in total. The highest BCUT2D eigenvalue weighted by atomic mass is 32.2. The van der Waals surface area contributed by atoms with Crippen LogP contribution in [0.4, 0.5) is 0 Å². The summed E-state index contributed by atoms with van der Waals surface area (Å²) >= 11 is 0. The van der Waals surface area contributed by atoms with Gasteiger partial charge in [-0.3, -0.25) is 14.3 Å². The first-order chi connectivity index (χ1) is 6.34. The molecule has 1 heterocycles. The van der Waals surface area contributed by atoms with Crippen LogP contribution in [0.1, 0.15) is 6.92 Å². The Morgan fingerprint density at radius 1 is 1.36 bits per heavy atom. The number of pyridine rings is 1. The van der Waals surface area contributed by atoms with Crippen LogP contribution in [0, 0.1) is 0 Å². The summed E-state index contributed by atoms with van der Waals surface area (Å²) in [6.07, 6.45) is 2.59. The third-order valence-corrected chi connectivity index (χ3v) is 1.82. The molecule has 0 spiro atoms. The Morgan fingerprint density at radius 2 is 1.71 bits per heavy atom. The fourth-order valence-electron chi connectivity index (χ4n) is 0.510. The fourth-order valence-corrected chi connectivity index (χ4v) is 0.976. The van der Waals surface area contributed by atoms with Crippen molar-refractivity contribution in [1.29, 1.82) is 0 Å². The lowest BCUT2D eigenvalue weighted by Gasteiger charge is -1.91. The van der Waals surface area contributed by atoms with Crippen molar-refractivity contribution in [2.75, 3.05) is 0 Å². The molecule has 0 aliphatic heterocycles. The van der Waals surface area contributed by atoms with Gasteiger partial charge in [-0.1, -0.05) is 0 Å².